The van der Waals surface area contributed by atoms with Gasteiger partial charge < -0.3 is 15.2 Å². The molecule has 0 spiro atoms. The maximum absolute atomic E-state index is 12.1. The summed E-state index contributed by atoms with van der Waals surface area (Å²) in [6.45, 7) is 8.57. The summed E-state index contributed by atoms with van der Waals surface area (Å²) in [5, 5.41) is 11.7. The van der Waals surface area contributed by atoms with Gasteiger partial charge in [0.25, 0.3) is 5.91 Å². The van der Waals surface area contributed by atoms with Gasteiger partial charge in [0.1, 0.15) is 11.8 Å². The summed E-state index contributed by atoms with van der Waals surface area (Å²) in [6, 6.07) is 5.84. The Morgan fingerprint density at radius 2 is 1.68 bits per heavy atom. The number of nitrogens with one attached hydrogen (secondary N) is 1. The maximum Gasteiger partial charge on any atom is 0.326 e. The highest BCUT2D eigenvalue weighted by Gasteiger charge is 2.21. The number of hydrogen-bond donors (Lipinski definition) is 2. The lowest BCUT2D eigenvalue weighted by molar-refractivity contribution is -0.139. The Morgan fingerprint density at radius 1 is 1.09 bits per heavy atom. The van der Waals surface area contributed by atoms with E-state index >= 15 is 0 Å². The Kier molecular flexibility index (Phi) is 6.89. The second kappa shape index (κ2) is 8.41. The van der Waals surface area contributed by atoms with Gasteiger partial charge >= 0.3 is 5.97 Å². The van der Waals surface area contributed by atoms with Gasteiger partial charge in [-0.1, -0.05) is 27.7 Å². The molecule has 0 aliphatic rings. The quantitative estimate of drug-likeness (QED) is 0.774. The third-order valence-corrected chi connectivity index (χ3v) is 3.01. The fraction of sp³-hybridized carbons (Fsp3) is 0.529. The molecule has 0 bridgehead atoms. The molecule has 0 fully saturated rings. The van der Waals surface area contributed by atoms with Gasteiger partial charge in [-0.15, -0.1) is 0 Å². The minimum Gasteiger partial charge on any atom is -0.493 e. The molecule has 0 saturated carbocycles. The van der Waals surface area contributed by atoms with Crippen LogP contribution in [0.25, 0.3) is 0 Å². The first-order valence-electron chi connectivity index (χ1n) is 7.56. The lowest BCUT2D eigenvalue weighted by Crippen LogP contribution is -2.41. The van der Waals surface area contributed by atoms with E-state index in [1.807, 2.05) is 13.8 Å². The molecule has 5 nitrogen and oxygen atoms in total. The number of ether oxygens (including phenoxy) is 1. The lowest BCUT2D eigenvalue weighted by atomic mass is 10.0. The standard InChI is InChI=1S/C17H25NO4/c1-11(2)9-15(17(20)21)18-16(19)13-5-7-14(8-6-13)22-10-12(3)4/h5-8,11-12,15H,9-10H2,1-4H3,(H,18,19)(H,20,21)/t15-/m0/s1. The van der Waals surface area contributed by atoms with E-state index in [-0.39, 0.29) is 11.8 Å². The summed E-state index contributed by atoms with van der Waals surface area (Å²) in [5.41, 5.74) is 0.423. The van der Waals surface area contributed by atoms with Gasteiger partial charge in [0, 0.05) is 5.56 Å². The van der Waals surface area contributed by atoms with Crippen LogP contribution >= 0.6 is 0 Å². The van der Waals surface area contributed by atoms with Crippen molar-refractivity contribution in [3.8, 4) is 5.75 Å². The molecule has 0 heterocycles. The van der Waals surface area contributed by atoms with E-state index in [1.165, 1.54) is 0 Å². The number of carbonyl (C=O) groups excluding carboxylic acids is 1. The average Bonchev–Trinajstić information content (AvgIpc) is 2.44. The Morgan fingerprint density at radius 3 is 2.14 bits per heavy atom. The summed E-state index contributed by atoms with van der Waals surface area (Å²) in [5.74, 6) is -0.0897. The van der Waals surface area contributed by atoms with Crippen molar-refractivity contribution in [2.24, 2.45) is 11.8 Å². The van der Waals surface area contributed by atoms with Crippen molar-refractivity contribution < 1.29 is 19.4 Å². The predicted octanol–water partition coefficient (Wildman–Crippen LogP) is 2.95. The third-order valence-electron chi connectivity index (χ3n) is 3.01. The first-order chi connectivity index (χ1) is 10.3. The molecule has 0 aromatic heterocycles. The molecule has 1 aromatic carbocycles. The molecular formula is C17H25NO4. The predicted molar refractivity (Wildman–Crippen MR) is 85.1 cm³/mol. The molecule has 0 aliphatic carbocycles. The van der Waals surface area contributed by atoms with Gasteiger partial charge in [-0.3, -0.25) is 4.79 Å². The van der Waals surface area contributed by atoms with Crippen LogP contribution in [0.15, 0.2) is 24.3 Å². The zero-order valence-electron chi connectivity index (χ0n) is 13.6. The zero-order chi connectivity index (χ0) is 16.7. The van der Waals surface area contributed by atoms with Crippen molar-refractivity contribution >= 4 is 11.9 Å². The fourth-order valence-corrected chi connectivity index (χ4v) is 1.90. The molecule has 1 rings (SSSR count). The lowest BCUT2D eigenvalue weighted by Gasteiger charge is -2.16. The number of carbonyl (C=O) groups is 2. The van der Waals surface area contributed by atoms with Crippen molar-refractivity contribution in [3.63, 3.8) is 0 Å². The van der Waals surface area contributed by atoms with E-state index in [4.69, 9.17) is 9.84 Å². The third kappa shape index (κ3) is 6.16. The van der Waals surface area contributed by atoms with E-state index in [2.05, 4.69) is 19.2 Å². The first-order valence-corrected chi connectivity index (χ1v) is 7.56. The molecule has 5 heteroatoms. The minimum absolute atomic E-state index is 0.188. The SMILES string of the molecule is CC(C)COc1ccc(C(=O)N[C@@H](CC(C)C)C(=O)O)cc1. The average molecular weight is 307 g/mol. The van der Waals surface area contributed by atoms with Crippen molar-refractivity contribution in [1.82, 2.24) is 5.32 Å². The smallest absolute Gasteiger partial charge is 0.326 e. The highest BCUT2D eigenvalue weighted by Crippen LogP contribution is 2.14. The molecule has 0 saturated heterocycles. The molecule has 2 N–H and O–H groups in total. The Bertz CT molecular complexity index is 494. The monoisotopic (exact) mass is 307 g/mol. The molecule has 1 amide bonds. The van der Waals surface area contributed by atoms with E-state index in [0.29, 0.717) is 30.3 Å². The van der Waals surface area contributed by atoms with Crippen molar-refractivity contribution in [3.05, 3.63) is 29.8 Å². The highest BCUT2D eigenvalue weighted by molar-refractivity contribution is 5.96. The summed E-state index contributed by atoms with van der Waals surface area (Å²) in [4.78, 5) is 23.3. The second-order valence-corrected chi connectivity index (χ2v) is 6.22. The van der Waals surface area contributed by atoms with E-state index < -0.39 is 12.0 Å². The van der Waals surface area contributed by atoms with E-state index in [9.17, 15) is 9.59 Å². The molecule has 1 atom stereocenters. The van der Waals surface area contributed by atoms with Gasteiger partial charge in [0.05, 0.1) is 6.61 Å². The zero-order valence-corrected chi connectivity index (χ0v) is 13.6. The number of carboxylic acids is 1. The van der Waals surface area contributed by atoms with Crippen LogP contribution in [0, 0.1) is 11.8 Å². The summed E-state index contributed by atoms with van der Waals surface area (Å²) in [7, 11) is 0. The number of hydrogen-bond acceptors (Lipinski definition) is 3. The molecule has 122 valence electrons. The Balaban J connectivity index is 2.66. The Labute approximate surface area is 131 Å². The van der Waals surface area contributed by atoms with Gasteiger partial charge in [-0.05, 0) is 42.5 Å². The van der Waals surface area contributed by atoms with Gasteiger partial charge in [0.2, 0.25) is 0 Å². The van der Waals surface area contributed by atoms with Crippen molar-refractivity contribution in [2.75, 3.05) is 6.61 Å². The van der Waals surface area contributed by atoms with Crippen LogP contribution in [0.3, 0.4) is 0 Å². The van der Waals surface area contributed by atoms with Gasteiger partial charge in [-0.25, -0.2) is 4.79 Å². The molecule has 0 aliphatic heterocycles. The van der Waals surface area contributed by atoms with Gasteiger partial charge in [0.15, 0.2) is 0 Å². The molecular weight excluding hydrogens is 282 g/mol. The molecule has 0 unspecified atom stereocenters. The van der Waals surface area contributed by atoms with Crippen molar-refractivity contribution in [1.29, 1.82) is 0 Å². The molecule has 1 aromatic rings. The van der Waals surface area contributed by atoms with E-state index in [0.717, 1.165) is 0 Å². The normalized spacial score (nSPS) is 12.3. The largest absolute Gasteiger partial charge is 0.493 e. The second-order valence-electron chi connectivity index (χ2n) is 6.22. The summed E-state index contributed by atoms with van der Waals surface area (Å²) < 4.78 is 5.55. The van der Waals surface area contributed by atoms with Crippen LogP contribution in [0.1, 0.15) is 44.5 Å². The van der Waals surface area contributed by atoms with E-state index in [1.54, 1.807) is 24.3 Å². The topological polar surface area (TPSA) is 75.6 Å². The van der Waals surface area contributed by atoms with Crippen LogP contribution in [-0.2, 0) is 4.79 Å². The maximum atomic E-state index is 12.1. The number of benzene rings is 1. The van der Waals surface area contributed by atoms with Crippen LogP contribution in [0.4, 0.5) is 0 Å². The first kappa shape index (κ1) is 18.0. The van der Waals surface area contributed by atoms with Gasteiger partial charge in [-0.2, -0.15) is 0 Å². The number of aliphatic carboxylic acids is 1. The number of carboxylic acid groups (broad SMARTS) is 1. The fourth-order valence-electron chi connectivity index (χ4n) is 1.90. The summed E-state index contributed by atoms with van der Waals surface area (Å²) in [6.07, 6.45) is 0.399. The van der Waals surface area contributed by atoms with Crippen LogP contribution in [0.2, 0.25) is 0 Å². The minimum atomic E-state index is -1.01. The Hall–Kier alpha value is -2.04. The van der Waals surface area contributed by atoms with Crippen molar-refractivity contribution in [2.45, 2.75) is 40.2 Å². The van der Waals surface area contributed by atoms with Crippen LogP contribution in [0.5, 0.6) is 5.75 Å². The molecule has 22 heavy (non-hydrogen) atoms. The van der Waals surface area contributed by atoms with Crippen LogP contribution in [-0.4, -0.2) is 29.6 Å². The number of amides is 1. The van der Waals surface area contributed by atoms with Crippen LogP contribution < -0.4 is 10.1 Å². The summed E-state index contributed by atoms with van der Waals surface area (Å²) >= 11 is 0. The highest BCUT2D eigenvalue weighted by atomic mass is 16.5. The number of rotatable bonds is 8. The molecule has 0 radical (unpaired) electrons.